The predicted molar refractivity (Wildman–Crippen MR) is 61.5 cm³/mol. The first-order chi connectivity index (χ1) is 6.90. The zero-order chi connectivity index (χ0) is 9.80. The van der Waals surface area contributed by atoms with Crippen LogP contribution in [0, 0.1) is 0 Å². The Bertz CT molecular complexity index is 334. The number of benzene rings is 1. The fourth-order valence-corrected chi connectivity index (χ4v) is 2.16. The van der Waals surface area contributed by atoms with E-state index in [0.29, 0.717) is 0 Å². The van der Waals surface area contributed by atoms with Crippen LogP contribution in [0.5, 0.6) is 0 Å². The second-order valence-electron chi connectivity index (χ2n) is 4.05. The molecule has 0 saturated carbocycles. The van der Waals surface area contributed by atoms with Crippen LogP contribution in [0.4, 0.5) is 0 Å². The van der Waals surface area contributed by atoms with Gasteiger partial charge < -0.3 is 0 Å². The Kier molecular flexibility index (Phi) is 3.03. The molecule has 0 saturated heterocycles. The van der Waals surface area contributed by atoms with E-state index in [1.165, 1.54) is 32.1 Å². The Morgan fingerprint density at radius 3 is 2.71 bits per heavy atom. The van der Waals surface area contributed by atoms with Crippen molar-refractivity contribution in [1.82, 2.24) is 0 Å². The van der Waals surface area contributed by atoms with Gasteiger partial charge in [0.1, 0.15) is 0 Å². The third-order valence-corrected chi connectivity index (χ3v) is 3.07. The van der Waals surface area contributed by atoms with Crippen LogP contribution in [-0.2, 0) is 12.8 Å². The summed E-state index contributed by atoms with van der Waals surface area (Å²) in [6.07, 6.45) is 8.64. The lowest BCUT2D eigenvalue weighted by Crippen LogP contribution is -1.99. The summed E-state index contributed by atoms with van der Waals surface area (Å²) in [6, 6.07) is 8.89. The van der Waals surface area contributed by atoms with Crippen LogP contribution in [0.2, 0.25) is 0 Å². The molecule has 0 aliphatic heterocycles. The van der Waals surface area contributed by atoms with Crippen LogP contribution in [0.1, 0.15) is 37.3 Å². The number of hydrogen-bond acceptors (Lipinski definition) is 0. The van der Waals surface area contributed by atoms with E-state index < -0.39 is 0 Å². The fraction of sp³-hybridized carbons (Fsp3) is 0.429. The maximum absolute atomic E-state index is 2.44. The van der Waals surface area contributed by atoms with E-state index in [1.807, 2.05) is 0 Å². The van der Waals surface area contributed by atoms with Crippen molar-refractivity contribution < 1.29 is 0 Å². The van der Waals surface area contributed by atoms with Gasteiger partial charge in [-0.15, -0.1) is 0 Å². The van der Waals surface area contributed by atoms with Crippen molar-refractivity contribution in [2.45, 2.75) is 39.0 Å². The maximum Gasteiger partial charge on any atom is -0.00645 e. The van der Waals surface area contributed by atoms with Crippen molar-refractivity contribution in [3.63, 3.8) is 0 Å². The number of rotatable bonds is 1. The number of hydrogen-bond donors (Lipinski definition) is 0. The molecule has 0 fully saturated rings. The standard InChI is InChI=1S/C14H18/c1-2-12-7-3-4-8-13-9-5-6-10-14(13)11-12/h5-7,9-10H,2-4,8,11H2,1H3/b12-7+. The highest BCUT2D eigenvalue weighted by Crippen LogP contribution is 2.21. The van der Waals surface area contributed by atoms with Crippen LogP contribution < -0.4 is 0 Å². The molecular formula is C14H18. The van der Waals surface area contributed by atoms with Gasteiger partial charge in [-0.05, 0) is 43.2 Å². The maximum atomic E-state index is 2.44. The quantitative estimate of drug-likeness (QED) is 0.583. The summed E-state index contributed by atoms with van der Waals surface area (Å²) >= 11 is 0. The lowest BCUT2D eigenvalue weighted by atomic mass is 9.92. The van der Waals surface area contributed by atoms with Crippen LogP contribution in [0.15, 0.2) is 35.9 Å². The highest BCUT2D eigenvalue weighted by molar-refractivity contribution is 5.32. The molecule has 0 atom stereocenters. The van der Waals surface area contributed by atoms with Crippen molar-refractivity contribution in [2.75, 3.05) is 0 Å². The molecule has 0 spiro atoms. The first-order valence-electron chi connectivity index (χ1n) is 5.65. The lowest BCUT2D eigenvalue weighted by Gasteiger charge is -2.14. The highest BCUT2D eigenvalue weighted by atomic mass is 14.1. The summed E-state index contributed by atoms with van der Waals surface area (Å²) in [4.78, 5) is 0. The van der Waals surface area contributed by atoms with Crippen molar-refractivity contribution >= 4 is 0 Å². The Balaban J connectivity index is 2.29. The molecule has 14 heavy (non-hydrogen) atoms. The summed E-state index contributed by atoms with van der Waals surface area (Å²) in [5, 5.41) is 0. The molecule has 0 heteroatoms. The second kappa shape index (κ2) is 4.45. The first-order valence-corrected chi connectivity index (χ1v) is 5.65. The molecular weight excluding hydrogens is 168 g/mol. The van der Waals surface area contributed by atoms with Gasteiger partial charge in [0.15, 0.2) is 0 Å². The SMILES string of the molecule is CC/C1=C\CCCc2ccccc2C1. The normalized spacial score (nSPS) is 20.2. The van der Waals surface area contributed by atoms with Gasteiger partial charge in [-0.3, -0.25) is 0 Å². The van der Waals surface area contributed by atoms with Gasteiger partial charge in [-0.1, -0.05) is 42.8 Å². The molecule has 2 rings (SSSR count). The Morgan fingerprint density at radius 1 is 1.14 bits per heavy atom. The van der Waals surface area contributed by atoms with E-state index in [1.54, 1.807) is 16.7 Å². The van der Waals surface area contributed by atoms with Gasteiger partial charge in [0, 0.05) is 0 Å². The molecule has 0 unspecified atom stereocenters. The lowest BCUT2D eigenvalue weighted by molar-refractivity contribution is 0.799. The van der Waals surface area contributed by atoms with Crippen molar-refractivity contribution in [2.24, 2.45) is 0 Å². The topological polar surface area (TPSA) is 0 Å². The van der Waals surface area contributed by atoms with Crippen molar-refractivity contribution in [3.05, 3.63) is 47.0 Å². The van der Waals surface area contributed by atoms with Gasteiger partial charge in [0.2, 0.25) is 0 Å². The minimum absolute atomic E-state index is 1.17. The van der Waals surface area contributed by atoms with Crippen LogP contribution >= 0.6 is 0 Å². The Morgan fingerprint density at radius 2 is 1.93 bits per heavy atom. The van der Waals surface area contributed by atoms with Crippen molar-refractivity contribution in [3.8, 4) is 0 Å². The summed E-state index contributed by atoms with van der Waals surface area (Å²) < 4.78 is 0. The average Bonchev–Trinajstić information content (AvgIpc) is 2.19. The van der Waals surface area contributed by atoms with Gasteiger partial charge in [-0.25, -0.2) is 0 Å². The second-order valence-corrected chi connectivity index (χ2v) is 4.05. The molecule has 1 aromatic carbocycles. The van der Waals surface area contributed by atoms with Gasteiger partial charge in [0.05, 0.1) is 0 Å². The smallest absolute Gasteiger partial charge is 0.00645 e. The molecule has 1 aromatic rings. The fourth-order valence-electron chi connectivity index (χ4n) is 2.16. The molecule has 0 bridgehead atoms. The Labute approximate surface area is 86.7 Å². The minimum Gasteiger partial charge on any atom is -0.0850 e. The van der Waals surface area contributed by atoms with E-state index in [9.17, 15) is 0 Å². The molecule has 0 aromatic heterocycles. The molecule has 0 heterocycles. The van der Waals surface area contributed by atoms with Gasteiger partial charge >= 0.3 is 0 Å². The number of fused-ring (bicyclic) bond motifs is 1. The summed E-state index contributed by atoms with van der Waals surface area (Å²) in [5.41, 5.74) is 4.71. The van der Waals surface area contributed by atoms with Gasteiger partial charge in [0.25, 0.3) is 0 Å². The monoisotopic (exact) mass is 186 g/mol. The van der Waals surface area contributed by atoms with E-state index in [0.717, 1.165) is 0 Å². The molecule has 0 amide bonds. The summed E-state index contributed by atoms with van der Waals surface area (Å²) in [7, 11) is 0. The predicted octanol–water partition coefficient (Wildman–Crippen LogP) is 3.90. The Hall–Kier alpha value is -1.04. The summed E-state index contributed by atoms with van der Waals surface area (Å²) in [5.74, 6) is 0. The third-order valence-electron chi connectivity index (χ3n) is 3.07. The van der Waals surface area contributed by atoms with Crippen LogP contribution in [-0.4, -0.2) is 0 Å². The average molecular weight is 186 g/mol. The zero-order valence-electron chi connectivity index (χ0n) is 8.92. The van der Waals surface area contributed by atoms with Crippen LogP contribution in [0.25, 0.3) is 0 Å². The van der Waals surface area contributed by atoms with E-state index in [4.69, 9.17) is 0 Å². The van der Waals surface area contributed by atoms with E-state index in [2.05, 4.69) is 37.3 Å². The van der Waals surface area contributed by atoms with E-state index in [-0.39, 0.29) is 0 Å². The van der Waals surface area contributed by atoms with E-state index >= 15 is 0 Å². The number of aryl methyl sites for hydroxylation is 1. The minimum atomic E-state index is 1.17. The first kappa shape index (κ1) is 9.51. The van der Waals surface area contributed by atoms with Crippen LogP contribution in [0.3, 0.4) is 0 Å². The van der Waals surface area contributed by atoms with Gasteiger partial charge in [-0.2, -0.15) is 0 Å². The molecule has 1 aliphatic carbocycles. The number of allylic oxidation sites excluding steroid dienone is 2. The van der Waals surface area contributed by atoms with Crippen molar-refractivity contribution in [1.29, 1.82) is 0 Å². The highest BCUT2D eigenvalue weighted by Gasteiger charge is 2.06. The largest absolute Gasteiger partial charge is 0.0850 e. The summed E-state index contributed by atoms with van der Waals surface area (Å²) in [6.45, 7) is 2.26. The third kappa shape index (κ3) is 2.06. The molecule has 0 N–H and O–H groups in total. The molecule has 0 radical (unpaired) electrons. The molecule has 1 aliphatic rings. The molecule has 0 nitrogen and oxygen atoms in total. The molecule has 74 valence electrons. The zero-order valence-corrected chi connectivity index (χ0v) is 8.92.